The molecular formula is C12H12FN3OS. The number of hydrogen-bond acceptors (Lipinski definition) is 4. The van der Waals surface area contributed by atoms with Crippen molar-refractivity contribution < 1.29 is 8.81 Å². The Balaban J connectivity index is 2.14. The molecule has 3 N–H and O–H groups in total. The van der Waals surface area contributed by atoms with Gasteiger partial charge in [-0.05, 0) is 18.6 Å². The normalized spacial score (nSPS) is 10.6. The van der Waals surface area contributed by atoms with Gasteiger partial charge >= 0.3 is 0 Å². The third-order valence-electron chi connectivity index (χ3n) is 2.32. The minimum absolute atomic E-state index is 0.122. The number of amidine groups is 1. The van der Waals surface area contributed by atoms with Crippen LogP contribution in [0.5, 0.6) is 0 Å². The van der Waals surface area contributed by atoms with Crippen molar-refractivity contribution in [2.75, 3.05) is 0 Å². The van der Waals surface area contributed by atoms with Gasteiger partial charge < -0.3 is 10.2 Å². The van der Waals surface area contributed by atoms with Crippen LogP contribution in [0.3, 0.4) is 0 Å². The molecule has 0 amide bonds. The lowest BCUT2D eigenvalue weighted by atomic mass is 10.1. The van der Waals surface area contributed by atoms with Crippen molar-refractivity contribution in [3.05, 3.63) is 47.1 Å². The number of oxazole rings is 1. The number of halogens is 1. The summed E-state index contributed by atoms with van der Waals surface area (Å²) < 4.78 is 19.1. The molecule has 0 bridgehead atoms. The lowest BCUT2D eigenvalue weighted by Crippen LogP contribution is -2.14. The molecule has 18 heavy (non-hydrogen) atoms. The number of nitrogens with two attached hydrogens (primary N) is 1. The largest absolute Gasteiger partial charge is 0.440 e. The van der Waals surface area contributed by atoms with Crippen LogP contribution in [0.25, 0.3) is 0 Å². The van der Waals surface area contributed by atoms with E-state index in [4.69, 9.17) is 15.6 Å². The minimum Gasteiger partial charge on any atom is -0.440 e. The molecule has 2 aromatic rings. The molecule has 2 rings (SSSR count). The maximum absolute atomic E-state index is 13.9. The zero-order chi connectivity index (χ0) is 13.1. The third-order valence-corrected chi connectivity index (χ3v) is 3.21. The maximum atomic E-state index is 13.9. The van der Waals surface area contributed by atoms with Crippen LogP contribution < -0.4 is 5.73 Å². The maximum Gasteiger partial charge on any atom is 0.256 e. The van der Waals surface area contributed by atoms with E-state index in [1.165, 1.54) is 17.8 Å². The average Bonchev–Trinajstić information content (AvgIpc) is 2.73. The van der Waals surface area contributed by atoms with Crippen molar-refractivity contribution in [3.63, 3.8) is 0 Å². The number of aryl methyl sites for hydroxylation is 1. The van der Waals surface area contributed by atoms with Gasteiger partial charge in [0.15, 0.2) is 0 Å². The Kier molecular flexibility index (Phi) is 3.66. The Hall–Kier alpha value is -1.82. The van der Waals surface area contributed by atoms with E-state index in [9.17, 15) is 4.39 Å². The van der Waals surface area contributed by atoms with Crippen LogP contribution in [0.4, 0.5) is 4.39 Å². The number of thioether (sulfide) groups is 1. The van der Waals surface area contributed by atoms with Crippen LogP contribution >= 0.6 is 11.8 Å². The first kappa shape index (κ1) is 12.6. The Bertz CT molecular complexity index is 582. The van der Waals surface area contributed by atoms with E-state index >= 15 is 0 Å². The van der Waals surface area contributed by atoms with Crippen molar-refractivity contribution in [2.24, 2.45) is 5.73 Å². The van der Waals surface area contributed by atoms with Crippen LogP contribution in [-0.4, -0.2) is 10.8 Å². The summed E-state index contributed by atoms with van der Waals surface area (Å²) in [6, 6.07) is 4.82. The Morgan fingerprint density at radius 2 is 2.33 bits per heavy atom. The molecule has 0 aliphatic carbocycles. The van der Waals surface area contributed by atoms with Crippen LogP contribution in [0.1, 0.15) is 16.8 Å². The van der Waals surface area contributed by atoms with Gasteiger partial charge in [0.05, 0.1) is 11.3 Å². The number of rotatable bonds is 4. The molecule has 0 spiro atoms. The molecule has 4 nitrogen and oxygen atoms in total. The van der Waals surface area contributed by atoms with Crippen LogP contribution in [0.15, 0.2) is 34.1 Å². The smallest absolute Gasteiger partial charge is 0.256 e. The third kappa shape index (κ3) is 2.70. The highest BCUT2D eigenvalue weighted by Crippen LogP contribution is 2.24. The Morgan fingerprint density at radius 3 is 2.94 bits per heavy atom. The topological polar surface area (TPSA) is 75.9 Å². The molecule has 0 fully saturated rings. The second kappa shape index (κ2) is 5.22. The van der Waals surface area contributed by atoms with Gasteiger partial charge in [0.25, 0.3) is 5.22 Å². The fourth-order valence-corrected chi connectivity index (χ4v) is 2.26. The van der Waals surface area contributed by atoms with Gasteiger partial charge in [-0.3, -0.25) is 5.41 Å². The summed E-state index contributed by atoms with van der Waals surface area (Å²) in [6.07, 6.45) is 1.55. The molecular weight excluding hydrogens is 253 g/mol. The SMILES string of the molecule is Cc1coc(SCc2cccc(C(=N)N)c2F)n1. The summed E-state index contributed by atoms with van der Waals surface area (Å²) in [6.45, 7) is 1.82. The van der Waals surface area contributed by atoms with Crippen molar-refractivity contribution in [3.8, 4) is 0 Å². The van der Waals surface area contributed by atoms with Gasteiger partial charge in [0, 0.05) is 5.75 Å². The van der Waals surface area contributed by atoms with Crippen LogP contribution in [0, 0.1) is 18.2 Å². The molecule has 1 aromatic heterocycles. The lowest BCUT2D eigenvalue weighted by Gasteiger charge is -2.05. The summed E-state index contributed by atoms with van der Waals surface area (Å²) in [4.78, 5) is 4.12. The van der Waals surface area contributed by atoms with Crippen LogP contribution in [-0.2, 0) is 5.75 Å². The minimum atomic E-state index is -0.458. The summed E-state index contributed by atoms with van der Waals surface area (Å²) in [7, 11) is 0. The number of nitrogens with zero attached hydrogens (tertiary/aromatic N) is 1. The van der Waals surface area contributed by atoms with E-state index in [1.807, 2.05) is 6.92 Å². The molecule has 0 saturated heterocycles. The first-order valence-electron chi connectivity index (χ1n) is 5.24. The van der Waals surface area contributed by atoms with Gasteiger partial charge in [-0.25, -0.2) is 9.37 Å². The van der Waals surface area contributed by atoms with Gasteiger partial charge in [0.1, 0.15) is 17.9 Å². The molecule has 0 aliphatic rings. The second-order valence-corrected chi connectivity index (χ2v) is 4.66. The number of nitrogen functional groups attached to an aromatic ring is 1. The van der Waals surface area contributed by atoms with E-state index in [0.29, 0.717) is 16.5 Å². The van der Waals surface area contributed by atoms with Crippen molar-refractivity contribution in [2.45, 2.75) is 17.9 Å². The quantitative estimate of drug-likeness (QED) is 0.506. The lowest BCUT2D eigenvalue weighted by molar-refractivity contribution is 0.454. The molecule has 0 atom stereocenters. The molecule has 1 heterocycles. The highest BCUT2D eigenvalue weighted by Gasteiger charge is 2.11. The molecule has 94 valence electrons. The summed E-state index contributed by atoms with van der Waals surface area (Å²) in [5.41, 5.74) is 6.68. The highest BCUT2D eigenvalue weighted by atomic mass is 32.2. The predicted molar refractivity (Wildman–Crippen MR) is 68.2 cm³/mol. The van der Waals surface area contributed by atoms with E-state index in [2.05, 4.69) is 4.98 Å². The van der Waals surface area contributed by atoms with E-state index in [1.54, 1.807) is 18.4 Å². The Morgan fingerprint density at radius 1 is 1.56 bits per heavy atom. The fourth-order valence-electron chi connectivity index (χ4n) is 1.44. The van der Waals surface area contributed by atoms with E-state index < -0.39 is 5.82 Å². The molecule has 1 aromatic carbocycles. The molecule has 0 radical (unpaired) electrons. The zero-order valence-corrected chi connectivity index (χ0v) is 10.6. The fraction of sp³-hybridized carbons (Fsp3) is 0.167. The first-order valence-corrected chi connectivity index (χ1v) is 6.23. The molecule has 0 unspecified atom stereocenters. The van der Waals surface area contributed by atoms with Gasteiger partial charge in [-0.1, -0.05) is 23.9 Å². The summed E-state index contributed by atoms with van der Waals surface area (Å²) in [5.74, 6) is -0.348. The molecule has 0 aliphatic heterocycles. The Labute approximate surface area is 108 Å². The van der Waals surface area contributed by atoms with Crippen molar-refractivity contribution in [1.82, 2.24) is 4.98 Å². The van der Waals surface area contributed by atoms with Gasteiger partial charge in [-0.15, -0.1) is 0 Å². The predicted octanol–water partition coefficient (Wildman–Crippen LogP) is 2.70. The monoisotopic (exact) mass is 265 g/mol. The second-order valence-electron chi connectivity index (χ2n) is 3.74. The number of aromatic nitrogens is 1. The van der Waals surface area contributed by atoms with Crippen molar-refractivity contribution in [1.29, 1.82) is 5.41 Å². The van der Waals surface area contributed by atoms with Gasteiger partial charge in [-0.2, -0.15) is 0 Å². The molecule has 0 saturated carbocycles. The van der Waals surface area contributed by atoms with E-state index in [0.717, 1.165) is 5.69 Å². The number of hydrogen-bond donors (Lipinski definition) is 2. The summed E-state index contributed by atoms with van der Waals surface area (Å²) in [5, 5.41) is 7.77. The average molecular weight is 265 g/mol. The van der Waals surface area contributed by atoms with Crippen LogP contribution in [0.2, 0.25) is 0 Å². The first-order chi connectivity index (χ1) is 8.58. The number of benzene rings is 1. The molecule has 6 heteroatoms. The summed E-state index contributed by atoms with van der Waals surface area (Å²) >= 11 is 1.30. The van der Waals surface area contributed by atoms with E-state index in [-0.39, 0.29) is 11.4 Å². The highest BCUT2D eigenvalue weighted by molar-refractivity contribution is 7.98. The standard InChI is InChI=1S/C12H12FN3OS/c1-7-5-17-12(16-7)18-6-8-3-2-4-9(10(8)13)11(14)15/h2-5H,6H2,1H3,(H3,14,15). The zero-order valence-electron chi connectivity index (χ0n) is 9.74. The van der Waals surface area contributed by atoms with Crippen molar-refractivity contribution >= 4 is 17.6 Å². The number of nitrogens with one attached hydrogen (secondary N) is 1. The van der Waals surface area contributed by atoms with Gasteiger partial charge in [0.2, 0.25) is 0 Å².